The maximum Gasteiger partial charge on any atom is 0.163 e. The molecule has 0 spiro atoms. The van der Waals surface area contributed by atoms with E-state index in [2.05, 4.69) is 19.2 Å². The lowest BCUT2D eigenvalue weighted by molar-refractivity contribution is -0.116. The molecule has 1 fully saturated rings. The van der Waals surface area contributed by atoms with E-state index in [0.717, 1.165) is 65.2 Å². The minimum Gasteiger partial charge on any atom is -0.385 e. The lowest BCUT2D eigenvalue weighted by Gasteiger charge is -2.28. The van der Waals surface area contributed by atoms with Gasteiger partial charge in [0.25, 0.3) is 0 Å². The van der Waals surface area contributed by atoms with Crippen LogP contribution in [0.1, 0.15) is 75.0 Å². The smallest absolute Gasteiger partial charge is 0.163 e. The van der Waals surface area contributed by atoms with Crippen LogP contribution in [0.25, 0.3) is 17.2 Å². The second-order valence-electron chi connectivity index (χ2n) is 8.74. The SMILES string of the molecule is C=C(C)c1cc(Cl)c2c(c1)C=C(C(=O)CC1CCC(CCCCOC)CC1)C2=C. The Morgan fingerprint density at radius 3 is 2.52 bits per heavy atom. The van der Waals surface area contributed by atoms with Crippen LogP contribution >= 0.6 is 11.6 Å². The fraction of sp³-hybridized carbons (Fsp3) is 0.500. The Morgan fingerprint density at radius 2 is 1.86 bits per heavy atom. The van der Waals surface area contributed by atoms with E-state index in [9.17, 15) is 4.79 Å². The minimum atomic E-state index is 0.211. The van der Waals surface area contributed by atoms with Crippen molar-refractivity contribution in [3.8, 4) is 0 Å². The quantitative estimate of drug-likeness (QED) is 0.396. The molecule has 156 valence electrons. The van der Waals surface area contributed by atoms with Gasteiger partial charge in [-0.05, 0) is 72.9 Å². The van der Waals surface area contributed by atoms with Crippen molar-refractivity contribution in [2.45, 2.75) is 58.3 Å². The molecule has 0 aromatic heterocycles. The number of carbonyl (C=O) groups is 1. The van der Waals surface area contributed by atoms with Gasteiger partial charge in [-0.25, -0.2) is 0 Å². The molecule has 0 atom stereocenters. The normalized spacial score (nSPS) is 21.1. The lowest BCUT2D eigenvalue weighted by atomic mass is 9.77. The maximum atomic E-state index is 13.0. The van der Waals surface area contributed by atoms with Gasteiger partial charge in [0, 0.05) is 36.3 Å². The zero-order valence-electron chi connectivity index (χ0n) is 17.9. The molecule has 3 heteroatoms. The van der Waals surface area contributed by atoms with E-state index in [-0.39, 0.29) is 5.78 Å². The fourth-order valence-electron chi connectivity index (χ4n) is 4.71. The molecule has 0 radical (unpaired) electrons. The monoisotopic (exact) mass is 412 g/mol. The van der Waals surface area contributed by atoms with Crippen molar-refractivity contribution in [2.24, 2.45) is 11.8 Å². The van der Waals surface area contributed by atoms with Gasteiger partial charge in [-0.15, -0.1) is 0 Å². The van der Waals surface area contributed by atoms with Gasteiger partial charge >= 0.3 is 0 Å². The molecule has 0 aliphatic heterocycles. The summed E-state index contributed by atoms with van der Waals surface area (Å²) in [6.45, 7) is 11.0. The molecule has 1 aromatic carbocycles. The maximum absolute atomic E-state index is 13.0. The molecule has 2 aliphatic carbocycles. The third-order valence-corrected chi connectivity index (χ3v) is 6.79. The summed E-state index contributed by atoms with van der Waals surface area (Å²) in [5.74, 6) is 1.53. The number of allylic oxidation sites excluding steroid dienone is 3. The summed E-state index contributed by atoms with van der Waals surface area (Å²) in [4.78, 5) is 13.0. The third-order valence-electron chi connectivity index (χ3n) is 6.49. The molecule has 0 amide bonds. The number of halogens is 1. The van der Waals surface area contributed by atoms with Gasteiger partial charge in [-0.1, -0.05) is 56.0 Å². The van der Waals surface area contributed by atoms with Crippen LogP contribution in [0.5, 0.6) is 0 Å². The van der Waals surface area contributed by atoms with Gasteiger partial charge in [0.05, 0.1) is 0 Å². The van der Waals surface area contributed by atoms with Crippen LogP contribution in [0, 0.1) is 11.8 Å². The Balaban J connectivity index is 1.56. The highest BCUT2D eigenvalue weighted by molar-refractivity contribution is 6.34. The van der Waals surface area contributed by atoms with Crippen molar-refractivity contribution >= 4 is 34.6 Å². The fourth-order valence-corrected chi connectivity index (χ4v) is 5.05. The van der Waals surface area contributed by atoms with Crippen LogP contribution < -0.4 is 0 Å². The lowest BCUT2D eigenvalue weighted by Crippen LogP contribution is -2.18. The summed E-state index contributed by atoms with van der Waals surface area (Å²) in [5.41, 5.74) is 5.38. The molecular weight excluding hydrogens is 380 g/mol. The summed E-state index contributed by atoms with van der Waals surface area (Å²) in [6, 6.07) is 3.98. The van der Waals surface area contributed by atoms with Crippen molar-refractivity contribution in [3.05, 3.63) is 52.6 Å². The molecule has 2 nitrogen and oxygen atoms in total. The van der Waals surface area contributed by atoms with E-state index >= 15 is 0 Å². The summed E-state index contributed by atoms with van der Waals surface area (Å²) in [5, 5.41) is 0.651. The standard InChI is InChI=1S/C26H33ClO2/c1-17(2)21-14-22-15-23(18(3)26(22)24(27)16-21)25(28)13-20-10-8-19(9-11-20)7-5-6-12-29-4/h14-16,19-20H,1,3,5-13H2,2,4H3. The largest absolute Gasteiger partial charge is 0.385 e. The summed E-state index contributed by atoms with van der Waals surface area (Å²) in [6.07, 6.45) is 11.1. The van der Waals surface area contributed by atoms with Crippen molar-refractivity contribution in [3.63, 3.8) is 0 Å². The third kappa shape index (κ3) is 5.29. The van der Waals surface area contributed by atoms with Crippen LogP contribution in [-0.2, 0) is 9.53 Å². The van der Waals surface area contributed by atoms with Crippen molar-refractivity contribution < 1.29 is 9.53 Å². The molecule has 0 saturated heterocycles. The van der Waals surface area contributed by atoms with Gasteiger partial charge in [-0.2, -0.15) is 0 Å². The van der Waals surface area contributed by atoms with Crippen LogP contribution in [0.2, 0.25) is 5.02 Å². The van der Waals surface area contributed by atoms with Crippen molar-refractivity contribution in [1.82, 2.24) is 0 Å². The number of carbonyl (C=O) groups excluding carboxylic acids is 1. The zero-order chi connectivity index (χ0) is 21.0. The molecule has 0 N–H and O–H groups in total. The highest BCUT2D eigenvalue weighted by atomic mass is 35.5. The Kier molecular flexibility index (Phi) is 7.54. The van der Waals surface area contributed by atoms with Gasteiger partial charge < -0.3 is 4.74 Å². The topological polar surface area (TPSA) is 26.3 Å². The number of rotatable bonds is 9. The molecule has 1 saturated carbocycles. The van der Waals surface area contributed by atoms with Crippen molar-refractivity contribution in [2.75, 3.05) is 13.7 Å². The van der Waals surface area contributed by atoms with E-state index in [1.165, 1.54) is 25.7 Å². The van der Waals surface area contributed by atoms with Gasteiger partial charge in [0.15, 0.2) is 5.78 Å². The second-order valence-corrected chi connectivity index (χ2v) is 9.15. The molecular formula is C26H33ClO2. The number of benzene rings is 1. The summed E-state index contributed by atoms with van der Waals surface area (Å²) < 4.78 is 5.14. The number of methoxy groups -OCH3 is 1. The average Bonchev–Trinajstić information content (AvgIpc) is 3.03. The van der Waals surface area contributed by atoms with E-state index < -0.39 is 0 Å². The van der Waals surface area contributed by atoms with Crippen LogP contribution in [0.4, 0.5) is 0 Å². The molecule has 0 heterocycles. The first-order valence-electron chi connectivity index (χ1n) is 10.8. The Morgan fingerprint density at radius 1 is 1.17 bits per heavy atom. The van der Waals surface area contributed by atoms with Crippen molar-refractivity contribution in [1.29, 1.82) is 0 Å². The first-order valence-corrected chi connectivity index (χ1v) is 11.2. The van der Waals surface area contributed by atoms with Gasteiger partial charge in [-0.3, -0.25) is 4.79 Å². The van der Waals surface area contributed by atoms with E-state index in [1.54, 1.807) is 7.11 Å². The highest BCUT2D eigenvalue weighted by Crippen LogP contribution is 2.42. The first-order chi connectivity index (χ1) is 13.9. The highest BCUT2D eigenvalue weighted by Gasteiger charge is 2.28. The van der Waals surface area contributed by atoms with Crippen LogP contribution in [0.15, 0.2) is 30.9 Å². The number of hydrogen-bond acceptors (Lipinski definition) is 2. The van der Waals surface area contributed by atoms with Crippen LogP contribution in [0.3, 0.4) is 0 Å². The number of ether oxygens (including phenoxy) is 1. The molecule has 3 rings (SSSR count). The van der Waals surface area contributed by atoms with E-state index in [0.29, 0.717) is 17.4 Å². The molecule has 1 aromatic rings. The molecule has 0 unspecified atom stereocenters. The predicted molar refractivity (Wildman–Crippen MR) is 124 cm³/mol. The summed E-state index contributed by atoms with van der Waals surface area (Å²) in [7, 11) is 1.77. The first kappa shape index (κ1) is 22.1. The number of Topliss-reactive ketones (excluding diaryl/α,β-unsaturated/α-hetero) is 1. The second kappa shape index (κ2) is 9.91. The van der Waals surface area contributed by atoms with Gasteiger partial charge in [0.1, 0.15) is 0 Å². The molecule has 2 aliphatic rings. The number of unbranched alkanes of at least 4 members (excludes halogenated alkanes) is 1. The summed E-state index contributed by atoms with van der Waals surface area (Å²) >= 11 is 6.50. The Labute approximate surface area is 180 Å². The average molecular weight is 413 g/mol. The Hall–Kier alpha value is -1.64. The van der Waals surface area contributed by atoms with E-state index in [4.69, 9.17) is 16.3 Å². The minimum absolute atomic E-state index is 0.211. The predicted octanol–water partition coefficient (Wildman–Crippen LogP) is 7.37. The Bertz CT molecular complexity index is 825. The number of hydrogen-bond donors (Lipinski definition) is 0. The zero-order valence-corrected chi connectivity index (χ0v) is 18.6. The number of ketones is 1. The van der Waals surface area contributed by atoms with Crippen LogP contribution in [-0.4, -0.2) is 19.5 Å². The van der Waals surface area contributed by atoms with Gasteiger partial charge in [0.2, 0.25) is 0 Å². The number of fused-ring (bicyclic) bond motifs is 1. The van der Waals surface area contributed by atoms with E-state index in [1.807, 2.05) is 19.1 Å². The molecule has 29 heavy (non-hydrogen) atoms. The molecule has 0 bridgehead atoms.